The maximum absolute atomic E-state index is 4.53. The first-order chi connectivity index (χ1) is 8.83. The fourth-order valence-corrected chi connectivity index (χ4v) is 2.56. The Morgan fingerprint density at radius 3 is 3.00 bits per heavy atom. The van der Waals surface area contributed by atoms with Crippen LogP contribution in [0.5, 0.6) is 0 Å². The SMILES string of the molecule is Cc1cccc(-c2cnc(C3CCCCN3)[nH]2)c1. The van der Waals surface area contributed by atoms with Gasteiger partial charge in [-0.2, -0.15) is 0 Å². The molecule has 1 fully saturated rings. The van der Waals surface area contributed by atoms with Crippen LogP contribution < -0.4 is 5.32 Å². The van der Waals surface area contributed by atoms with E-state index in [-0.39, 0.29) is 0 Å². The lowest BCUT2D eigenvalue weighted by molar-refractivity contribution is 0.399. The van der Waals surface area contributed by atoms with Crippen LogP contribution >= 0.6 is 0 Å². The van der Waals surface area contributed by atoms with E-state index < -0.39 is 0 Å². The van der Waals surface area contributed by atoms with Gasteiger partial charge in [-0.3, -0.25) is 0 Å². The fraction of sp³-hybridized carbons (Fsp3) is 0.400. The van der Waals surface area contributed by atoms with Crippen molar-refractivity contribution in [2.45, 2.75) is 32.2 Å². The lowest BCUT2D eigenvalue weighted by Gasteiger charge is -2.21. The summed E-state index contributed by atoms with van der Waals surface area (Å²) in [5.41, 5.74) is 3.60. The molecule has 0 saturated carbocycles. The van der Waals surface area contributed by atoms with Crippen LogP contribution in [0.4, 0.5) is 0 Å². The Bertz CT molecular complexity index is 524. The second-order valence-corrected chi connectivity index (χ2v) is 5.05. The van der Waals surface area contributed by atoms with Crippen LogP contribution in [0.25, 0.3) is 11.3 Å². The highest BCUT2D eigenvalue weighted by atomic mass is 15.0. The summed E-state index contributed by atoms with van der Waals surface area (Å²) in [5, 5.41) is 3.52. The number of nitrogens with zero attached hydrogens (tertiary/aromatic N) is 1. The summed E-state index contributed by atoms with van der Waals surface area (Å²) in [6, 6.07) is 8.91. The third-order valence-electron chi connectivity index (χ3n) is 3.56. The summed E-state index contributed by atoms with van der Waals surface area (Å²) in [6.45, 7) is 3.22. The van der Waals surface area contributed by atoms with E-state index in [9.17, 15) is 0 Å². The maximum atomic E-state index is 4.53. The van der Waals surface area contributed by atoms with E-state index in [1.807, 2.05) is 6.20 Å². The molecule has 0 spiro atoms. The monoisotopic (exact) mass is 241 g/mol. The van der Waals surface area contributed by atoms with E-state index in [0.717, 1.165) is 18.1 Å². The van der Waals surface area contributed by atoms with E-state index in [1.54, 1.807) is 0 Å². The molecule has 94 valence electrons. The summed E-state index contributed by atoms with van der Waals surface area (Å²) < 4.78 is 0. The highest BCUT2D eigenvalue weighted by Gasteiger charge is 2.17. The number of hydrogen-bond donors (Lipinski definition) is 2. The minimum absolute atomic E-state index is 0.400. The number of aromatic nitrogens is 2. The van der Waals surface area contributed by atoms with Gasteiger partial charge in [0.25, 0.3) is 0 Å². The van der Waals surface area contributed by atoms with E-state index in [1.165, 1.54) is 30.4 Å². The second kappa shape index (κ2) is 4.94. The first-order valence-corrected chi connectivity index (χ1v) is 6.68. The van der Waals surface area contributed by atoms with Crippen molar-refractivity contribution in [3.05, 3.63) is 41.9 Å². The number of piperidine rings is 1. The Balaban J connectivity index is 1.84. The highest BCUT2D eigenvalue weighted by molar-refractivity contribution is 5.59. The Morgan fingerprint density at radius 1 is 1.28 bits per heavy atom. The summed E-state index contributed by atoms with van der Waals surface area (Å²) >= 11 is 0. The zero-order valence-corrected chi connectivity index (χ0v) is 10.7. The van der Waals surface area contributed by atoms with Gasteiger partial charge in [0.1, 0.15) is 5.82 Å². The molecule has 2 N–H and O–H groups in total. The van der Waals surface area contributed by atoms with Crippen LogP contribution in [-0.4, -0.2) is 16.5 Å². The molecule has 2 aromatic rings. The number of imidazole rings is 1. The summed E-state index contributed by atoms with van der Waals surface area (Å²) in [6.07, 6.45) is 5.70. The number of hydrogen-bond acceptors (Lipinski definition) is 2. The number of benzene rings is 1. The normalized spacial score (nSPS) is 19.9. The molecular weight excluding hydrogens is 222 g/mol. The van der Waals surface area contributed by atoms with E-state index in [2.05, 4.69) is 46.5 Å². The van der Waals surface area contributed by atoms with Crippen LogP contribution in [0, 0.1) is 6.92 Å². The quantitative estimate of drug-likeness (QED) is 0.847. The Morgan fingerprint density at radius 2 is 2.22 bits per heavy atom. The largest absolute Gasteiger partial charge is 0.341 e. The van der Waals surface area contributed by atoms with Crippen molar-refractivity contribution in [1.29, 1.82) is 0 Å². The highest BCUT2D eigenvalue weighted by Crippen LogP contribution is 2.24. The van der Waals surface area contributed by atoms with Crippen LogP contribution in [-0.2, 0) is 0 Å². The van der Waals surface area contributed by atoms with Gasteiger partial charge >= 0.3 is 0 Å². The summed E-state index contributed by atoms with van der Waals surface area (Å²) in [7, 11) is 0. The van der Waals surface area contributed by atoms with Crippen molar-refractivity contribution in [2.75, 3.05) is 6.54 Å². The number of H-pyrrole nitrogens is 1. The molecule has 3 nitrogen and oxygen atoms in total. The number of rotatable bonds is 2. The Labute approximate surface area is 108 Å². The van der Waals surface area contributed by atoms with Gasteiger partial charge in [-0.25, -0.2) is 4.98 Å². The molecule has 1 aromatic carbocycles. The van der Waals surface area contributed by atoms with Gasteiger partial charge in [0.05, 0.1) is 17.9 Å². The molecule has 3 heteroatoms. The Kier molecular flexibility index (Phi) is 3.15. The average molecular weight is 241 g/mol. The fourth-order valence-electron chi connectivity index (χ4n) is 2.56. The van der Waals surface area contributed by atoms with E-state index in [4.69, 9.17) is 0 Å². The molecule has 3 rings (SSSR count). The van der Waals surface area contributed by atoms with Gasteiger partial charge in [0, 0.05) is 0 Å². The average Bonchev–Trinajstić information content (AvgIpc) is 2.89. The molecule has 0 bridgehead atoms. The predicted octanol–water partition coefficient (Wildman–Crippen LogP) is 3.20. The number of aromatic amines is 1. The van der Waals surface area contributed by atoms with Gasteiger partial charge in [-0.1, -0.05) is 30.2 Å². The molecule has 18 heavy (non-hydrogen) atoms. The minimum Gasteiger partial charge on any atom is -0.341 e. The van der Waals surface area contributed by atoms with Gasteiger partial charge in [-0.05, 0) is 37.9 Å². The number of aryl methyl sites for hydroxylation is 1. The van der Waals surface area contributed by atoms with Gasteiger partial charge in [0.2, 0.25) is 0 Å². The lowest BCUT2D eigenvalue weighted by atomic mass is 10.0. The van der Waals surface area contributed by atoms with Crippen molar-refractivity contribution < 1.29 is 0 Å². The molecule has 1 aliphatic heterocycles. The van der Waals surface area contributed by atoms with Gasteiger partial charge < -0.3 is 10.3 Å². The topological polar surface area (TPSA) is 40.7 Å². The molecule has 0 radical (unpaired) electrons. The molecular formula is C15H19N3. The third kappa shape index (κ3) is 2.31. The minimum atomic E-state index is 0.400. The van der Waals surface area contributed by atoms with E-state index >= 15 is 0 Å². The molecule has 1 saturated heterocycles. The molecule has 0 aliphatic carbocycles. The molecule has 2 heterocycles. The van der Waals surface area contributed by atoms with Crippen LogP contribution in [0.1, 0.15) is 36.7 Å². The van der Waals surface area contributed by atoms with Crippen molar-refractivity contribution >= 4 is 0 Å². The molecule has 1 unspecified atom stereocenters. The summed E-state index contributed by atoms with van der Waals surface area (Å²) in [4.78, 5) is 7.98. The zero-order valence-electron chi connectivity index (χ0n) is 10.7. The first-order valence-electron chi connectivity index (χ1n) is 6.68. The lowest BCUT2D eigenvalue weighted by Crippen LogP contribution is -2.27. The van der Waals surface area contributed by atoms with Gasteiger partial charge in [-0.15, -0.1) is 0 Å². The van der Waals surface area contributed by atoms with Crippen LogP contribution in [0.3, 0.4) is 0 Å². The maximum Gasteiger partial charge on any atom is 0.123 e. The van der Waals surface area contributed by atoms with Crippen molar-refractivity contribution in [3.63, 3.8) is 0 Å². The molecule has 0 amide bonds. The van der Waals surface area contributed by atoms with Gasteiger partial charge in [0.15, 0.2) is 0 Å². The predicted molar refractivity (Wildman–Crippen MR) is 73.4 cm³/mol. The molecule has 1 aliphatic rings. The molecule has 1 atom stereocenters. The zero-order chi connectivity index (χ0) is 12.4. The molecule has 1 aromatic heterocycles. The second-order valence-electron chi connectivity index (χ2n) is 5.05. The van der Waals surface area contributed by atoms with Crippen molar-refractivity contribution in [2.24, 2.45) is 0 Å². The Hall–Kier alpha value is -1.61. The third-order valence-corrected chi connectivity index (χ3v) is 3.56. The van der Waals surface area contributed by atoms with Crippen molar-refractivity contribution in [3.8, 4) is 11.3 Å². The van der Waals surface area contributed by atoms with E-state index in [0.29, 0.717) is 6.04 Å². The van der Waals surface area contributed by atoms with Crippen LogP contribution in [0.2, 0.25) is 0 Å². The smallest absolute Gasteiger partial charge is 0.123 e. The van der Waals surface area contributed by atoms with Crippen molar-refractivity contribution in [1.82, 2.24) is 15.3 Å². The van der Waals surface area contributed by atoms with Crippen LogP contribution in [0.15, 0.2) is 30.5 Å². The standard InChI is InChI=1S/C15H19N3/c1-11-5-4-6-12(9-11)14-10-17-15(18-14)13-7-2-3-8-16-13/h4-6,9-10,13,16H,2-3,7-8H2,1H3,(H,17,18). The number of nitrogens with one attached hydrogen (secondary N) is 2. The summed E-state index contributed by atoms with van der Waals surface area (Å²) in [5.74, 6) is 1.08. The first kappa shape index (κ1) is 11.5.